The van der Waals surface area contributed by atoms with Crippen LogP contribution in [0.1, 0.15) is 17.5 Å². The molecule has 0 fully saturated rings. The van der Waals surface area contributed by atoms with Gasteiger partial charge in [-0.25, -0.2) is 0 Å². The molecule has 0 unspecified atom stereocenters. The van der Waals surface area contributed by atoms with Crippen molar-refractivity contribution in [3.8, 4) is 11.8 Å². The Morgan fingerprint density at radius 1 is 1.21 bits per heavy atom. The standard InChI is InChI=1S/C14H17F3N2/c1-19(10-8-14(15,16)17)11-13-6-4-12(5-7-13)3-2-9-18/h4-7H,8-11,18H2,1H3. The van der Waals surface area contributed by atoms with Crippen LogP contribution in [0.3, 0.4) is 0 Å². The summed E-state index contributed by atoms with van der Waals surface area (Å²) in [6.45, 7) is 0.792. The SMILES string of the molecule is CN(CCC(F)(F)F)Cc1ccc(C#CCN)cc1. The molecule has 0 saturated heterocycles. The molecular weight excluding hydrogens is 253 g/mol. The molecule has 0 atom stereocenters. The number of benzene rings is 1. The minimum Gasteiger partial charge on any atom is -0.320 e. The normalized spacial score (nSPS) is 11.3. The lowest BCUT2D eigenvalue weighted by atomic mass is 10.1. The molecule has 1 aromatic carbocycles. The highest BCUT2D eigenvalue weighted by Crippen LogP contribution is 2.19. The first-order valence-corrected chi connectivity index (χ1v) is 5.94. The van der Waals surface area contributed by atoms with Crippen molar-refractivity contribution in [3.63, 3.8) is 0 Å². The monoisotopic (exact) mass is 270 g/mol. The van der Waals surface area contributed by atoms with Crippen LogP contribution in [0.25, 0.3) is 0 Å². The van der Waals surface area contributed by atoms with Crippen LogP contribution in [-0.4, -0.2) is 31.2 Å². The fourth-order valence-electron chi connectivity index (χ4n) is 1.55. The lowest BCUT2D eigenvalue weighted by Crippen LogP contribution is -2.24. The summed E-state index contributed by atoms with van der Waals surface area (Å²) in [6, 6.07) is 7.42. The van der Waals surface area contributed by atoms with E-state index < -0.39 is 12.6 Å². The molecule has 0 saturated carbocycles. The summed E-state index contributed by atoms with van der Waals surface area (Å²) in [5, 5.41) is 0. The zero-order chi connectivity index (χ0) is 14.3. The van der Waals surface area contributed by atoms with Gasteiger partial charge in [-0.05, 0) is 24.7 Å². The molecule has 19 heavy (non-hydrogen) atoms. The lowest BCUT2D eigenvalue weighted by molar-refractivity contribution is -0.137. The summed E-state index contributed by atoms with van der Waals surface area (Å²) in [5.74, 6) is 5.64. The van der Waals surface area contributed by atoms with E-state index in [0.29, 0.717) is 13.1 Å². The molecule has 0 bridgehead atoms. The van der Waals surface area contributed by atoms with E-state index in [1.54, 1.807) is 11.9 Å². The van der Waals surface area contributed by atoms with Crippen molar-refractivity contribution >= 4 is 0 Å². The Balaban J connectivity index is 2.49. The number of nitrogens with zero attached hydrogens (tertiary/aromatic N) is 1. The van der Waals surface area contributed by atoms with Gasteiger partial charge in [0.1, 0.15) is 0 Å². The average molecular weight is 270 g/mol. The first-order valence-electron chi connectivity index (χ1n) is 5.94. The first-order chi connectivity index (χ1) is 8.90. The van der Waals surface area contributed by atoms with Crippen molar-refractivity contribution in [2.24, 2.45) is 5.73 Å². The summed E-state index contributed by atoms with van der Waals surface area (Å²) in [4.78, 5) is 1.65. The van der Waals surface area contributed by atoms with Gasteiger partial charge >= 0.3 is 6.18 Å². The van der Waals surface area contributed by atoms with Crippen molar-refractivity contribution in [1.29, 1.82) is 0 Å². The summed E-state index contributed by atoms with van der Waals surface area (Å²) >= 11 is 0. The van der Waals surface area contributed by atoms with Gasteiger partial charge in [0.05, 0.1) is 13.0 Å². The second-order valence-electron chi connectivity index (χ2n) is 4.31. The smallest absolute Gasteiger partial charge is 0.320 e. The molecule has 0 heterocycles. The van der Waals surface area contributed by atoms with Crippen LogP contribution in [0, 0.1) is 11.8 Å². The van der Waals surface area contributed by atoms with Gasteiger partial charge in [-0.3, -0.25) is 0 Å². The van der Waals surface area contributed by atoms with Crippen LogP contribution >= 0.6 is 0 Å². The molecule has 2 N–H and O–H groups in total. The van der Waals surface area contributed by atoms with Gasteiger partial charge in [0.25, 0.3) is 0 Å². The number of nitrogens with two attached hydrogens (primary N) is 1. The Kier molecular flexibility index (Phi) is 5.87. The fourth-order valence-corrected chi connectivity index (χ4v) is 1.55. The van der Waals surface area contributed by atoms with Crippen molar-refractivity contribution in [1.82, 2.24) is 4.90 Å². The molecule has 0 amide bonds. The molecule has 0 aromatic heterocycles. The Morgan fingerprint density at radius 3 is 2.37 bits per heavy atom. The highest BCUT2D eigenvalue weighted by atomic mass is 19.4. The molecule has 0 radical (unpaired) electrons. The summed E-state index contributed by atoms with van der Waals surface area (Å²) in [6.07, 6.45) is -4.89. The molecule has 0 aliphatic heterocycles. The molecule has 0 aliphatic rings. The Hall–Kier alpha value is -1.51. The van der Waals surface area contributed by atoms with Gasteiger partial charge in [-0.2, -0.15) is 13.2 Å². The molecule has 1 rings (SSSR count). The van der Waals surface area contributed by atoms with Crippen LogP contribution in [0.15, 0.2) is 24.3 Å². The van der Waals surface area contributed by atoms with E-state index in [1.807, 2.05) is 24.3 Å². The Labute approximate surface area is 111 Å². The van der Waals surface area contributed by atoms with E-state index in [9.17, 15) is 13.2 Å². The molecular formula is C14H17F3N2. The van der Waals surface area contributed by atoms with E-state index in [4.69, 9.17) is 5.73 Å². The highest BCUT2D eigenvalue weighted by molar-refractivity contribution is 5.36. The van der Waals surface area contributed by atoms with Gasteiger partial charge in [0.2, 0.25) is 0 Å². The Bertz CT molecular complexity index is 440. The molecule has 5 heteroatoms. The van der Waals surface area contributed by atoms with Gasteiger partial charge < -0.3 is 10.6 Å². The number of halogens is 3. The van der Waals surface area contributed by atoms with Crippen LogP contribution in [-0.2, 0) is 6.54 Å². The minimum absolute atomic E-state index is 0.00176. The highest BCUT2D eigenvalue weighted by Gasteiger charge is 2.26. The second kappa shape index (κ2) is 7.17. The second-order valence-corrected chi connectivity index (χ2v) is 4.31. The maximum Gasteiger partial charge on any atom is 0.390 e. The number of hydrogen-bond donors (Lipinski definition) is 1. The number of hydrogen-bond acceptors (Lipinski definition) is 2. The van der Waals surface area contributed by atoms with Crippen LogP contribution in [0.2, 0.25) is 0 Å². The van der Waals surface area contributed by atoms with E-state index >= 15 is 0 Å². The third-order valence-electron chi connectivity index (χ3n) is 2.52. The predicted octanol–water partition coefficient (Wildman–Crippen LogP) is 2.38. The fraction of sp³-hybridized carbons (Fsp3) is 0.429. The molecule has 1 aromatic rings. The predicted molar refractivity (Wildman–Crippen MR) is 69.4 cm³/mol. The van der Waals surface area contributed by atoms with E-state index in [2.05, 4.69) is 11.8 Å². The zero-order valence-corrected chi connectivity index (χ0v) is 10.8. The maximum absolute atomic E-state index is 12.1. The lowest BCUT2D eigenvalue weighted by Gasteiger charge is -2.17. The summed E-state index contributed by atoms with van der Waals surface area (Å²) in [5.41, 5.74) is 7.08. The average Bonchev–Trinajstić information content (AvgIpc) is 2.35. The quantitative estimate of drug-likeness (QED) is 0.851. The third-order valence-corrected chi connectivity index (χ3v) is 2.52. The van der Waals surface area contributed by atoms with Crippen LogP contribution in [0.5, 0.6) is 0 Å². The third kappa shape index (κ3) is 6.85. The zero-order valence-electron chi connectivity index (χ0n) is 10.8. The van der Waals surface area contributed by atoms with Gasteiger partial charge in [-0.1, -0.05) is 24.0 Å². The minimum atomic E-state index is -4.10. The molecule has 2 nitrogen and oxygen atoms in total. The van der Waals surface area contributed by atoms with Gasteiger partial charge in [0.15, 0.2) is 0 Å². The summed E-state index contributed by atoms with van der Waals surface area (Å²) < 4.78 is 36.2. The maximum atomic E-state index is 12.1. The molecule has 104 valence electrons. The van der Waals surface area contributed by atoms with Crippen molar-refractivity contribution in [2.75, 3.05) is 20.1 Å². The van der Waals surface area contributed by atoms with Gasteiger partial charge in [-0.15, -0.1) is 0 Å². The molecule has 0 aliphatic carbocycles. The first kappa shape index (κ1) is 15.5. The van der Waals surface area contributed by atoms with Crippen LogP contribution in [0.4, 0.5) is 13.2 Å². The Morgan fingerprint density at radius 2 is 1.84 bits per heavy atom. The van der Waals surface area contributed by atoms with Crippen molar-refractivity contribution in [2.45, 2.75) is 19.1 Å². The van der Waals surface area contributed by atoms with Crippen molar-refractivity contribution in [3.05, 3.63) is 35.4 Å². The number of rotatable bonds is 4. The topological polar surface area (TPSA) is 29.3 Å². The van der Waals surface area contributed by atoms with E-state index in [0.717, 1.165) is 11.1 Å². The largest absolute Gasteiger partial charge is 0.390 e. The van der Waals surface area contributed by atoms with Gasteiger partial charge in [0, 0.05) is 18.7 Å². The van der Waals surface area contributed by atoms with E-state index in [-0.39, 0.29) is 6.54 Å². The number of alkyl halides is 3. The molecule has 0 spiro atoms. The summed E-state index contributed by atoms with van der Waals surface area (Å²) in [7, 11) is 1.67. The van der Waals surface area contributed by atoms with Crippen LogP contribution < -0.4 is 5.73 Å². The van der Waals surface area contributed by atoms with E-state index in [1.165, 1.54) is 0 Å². The van der Waals surface area contributed by atoms with Crippen molar-refractivity contribution < 1.29 is 13.2 Å².